The zero-order valence-corrected chi connectivity index (χ0v) is 11.8. The van der Waals surface area contributed by atoms with Gasteiger partial charge in [0.25, 0.3) is 0 Å². The lowest BCUT2D eigenvalue weighted by molar-refractivity contribution is 0.455. The minimum atomic E-state index is 0.479. The van der Waals surface area contributed by atoms with E-state index in [0.29, 0.717) is 11.4 Å². The van der Waals surface area contributed by atoms with Crippen LogP contribution in [-0.4, -0.2) is 16.5 Å². The Morgan fingerprint density at radius 3 is 2.50 bits per heavy atom. The number of ether oxygens (including phenoxy) is 1. The molecule has 0 saturated heterocycles. The van der Waals surface area contributed by atoms with E-state index in [1.54, 1.807) is 18.2 Å². The Bertz CT molecular complexity index is 638. The van der Waals surface area contributed by atoms with E-state index in [9.17, 15) is 0 Å². The van der Waals surface area contributed by atoms with Crippen LogP contribution in [0.1, 0.15) is 23.6 Å². The summed E-state index contributed by atoms with van der Waals surface area (Å²) in [6.45, 7) is 6.61. The molecule has 0 spiro atoms. The van der Waals surface area contributed by atoms with Gasteiger partial charge in [-0.3, -0.25) is 0 Å². The van der Waals surface area contributed by atoms with Crippen LogP contribution in [0.3, 0.4) is 0 Å². The van der Waals surface area contributed by atoms with Crippen molar-refractivity contribution < 1.29 is 4.74 Å². The lowest BCUT2D eigenvalue weighted by atomic mass is 10.1. The van der Waals surface area contributed by atoms with Crippen molar-refractivity contribution in [3.05, 3.63) is 41.2 Å². The van der Waals surface area contributed by atoms with Crippen LogP contribution >= 0.6 is 0 Å². The summed E-state index contributed by atoms with van der Waals surface area (Å²) in [5, 5.41) is 12.0. The van der Waals surface area contributed by atoms with Crippen molar-refractivity contribution >= 4 is 5.82 Å². The number of anilines is 1. The molecule has 2 rings (SSSR count). The predicted octanol–water partition coefficient (Wildman–Crippen LogP) is 3.19. The molecule has 0 aliphatic heterocycles. The Balaban J connectivity index is 2.31. The van der Waals surface area contributed by atoms with Crippen LogP contribution in [0.5, 0.6) is 11.6 Å². The van der Waals surface area contributed by atoms with Gasteiger partial charge in [-0.2, -0.15) is 5.26 Å². The monoisotopic (exact) mass is 268 g/mol. The number of aryl methyl sites for hydroxylation is 2. The molecule has 0 aliphatic rings. The molecule has 0 aliphatic carbocycles. The Labute approximate surface area is 118 Å². The van der Waals surface area contributed by atoms with Crippen molar-refractivity contribution in [3.8, 4) is 17.7 Å². The number of hydrogen-bond acceptors (Lipinski definition) is 5. The van der Waals surface area contributed by atoms with E-state index < -0.39 is 0 Å². The quantitative estimate of drug-likeness (QED) is 0.922. The first-order valence-corrected chi connectivity index (χ1v) is 6.39. The Kier molecular flexibility index (Phi) is 4.16. The van der Waals surface area contributed by atoms with Gasteiger partial charge in [-0.05, 0) is 44.0 Å². The normalized spacial score (nSPS) is 9.90. The number of nitriles is 1. The van der Waals surface area contributed by atoms with Gasteiger partial charge in [0.2, 0.25) is 5.88 Å². The number of nitrogens with zero attached hydrogens (tertiary/aromatic N) is 3. The van der Waals surface area contributed by atoms with E-state index in [4.69, 9.17) is 10.00 Å². The van der Waals surface area contributed by atoms with Crippen molar-refractivity contribution in [2.75, 3.05) is 11.9 Å². The highest BCUT2D eigenvalue weighted by Crippen LogP contribution is 2.29. The highest BCUT2D eigenvalue weighted by molar-refractivity contribution is 5.49. The zero-order valence-electron chi connectivity index (χ0n) is 11.8. The second-order valence-corrected chi connectivity index (χ2v) is 4.42. The summed E-state index contributed by atoms with van der Waals surface area (Å²) in [4.78, 5) is 8.20. The van der Waals surface area contributed by atoms with Crippen molar-refractivity contribution in [1.29, 1.82) is 5.26 Å². The van der Waals surface area contributed by atoms with Gasteiger partial charge in [-0.1, -0.05) is 0 Å². The van der Waals surface area contributed by atoms with Crippen LogP contribution in [0.25, 0.3) is 0 Å². The third kappa shape index (κ3) is 3.04. The molecule has 0 radical (unpaired) electrons. The minimum Gasteiger partial charge on any atom is -0.438 e. The molecule has 20 heavy (non-hydrogen) atoms. The lowest BCUT2D eigenvalue weighted by Gasteiger charge is -2.12. The van der Waals surface area contributed by atoms with Crippen molar-refractivity contribution in [3.63, 3.8) is 0 Å². The first-order chi connectivity index (χ1) is 9.63. The van der Waals surface area contributed by atoms with Gasteiger partial charge < -0.3 is 10.1 Å². The second kappa shape index (κ2) is 6.02. The highest BCUT2D eigenvalue weighted by Gasteiger charge is 2.09. The fourth-order valence-electron chi connectivity index (χ4n) is 1.95. The average Bonchev–Trinajstić information content (AvgIpc) is 2.43. The molecule has 0 amide bonds. The second-order valence-electron chi connectivity index (χ2n) is 4.42. The minimum absolute atomic E-state index is 0.479. The molecule has 0 atom stereocenters. The third-order valence-electron chi connectivity index (χ3n) is 2.80. The van der Waals surface area contributed by atoms with Crippen molar-refractivity contribution in [2.24, 2.45) is 0 Å². The van der Waals surface area contributed by atoms with E-state index in [1.165, 1.54) is 6.33 Å². The van der Waals surface area contributed by atoms with Gasteiger partial charge in [0, 0.05) is 12.6 Å². The summed E-state index contributed by atoms with van der Waals surface area (Å²) in [7, 11) is 0. The van der Waals surface area contributed by atoms with E-state index in [2.05, 4.69) is 21.4 Å². The first kappa shape index (κ1) is 13.8. The van der Waals surface area contributed by atoms with Crippen LogP contribution in [0.15, 0.2) is 24.5 Å². The maximum atomic E-state index is 8.94. The summed E-state index contributed by atoms with van der Waals surface area (Å²) in [5.41, 5.74) is 2.44. The van der Waals surface area contributed by atoms with Gasteiger partial charge in [-0.25, -0.2) is 9.97 Å². The third-order valence-corrected chi connectivity index (χ3v) is 2.80. The predicted molar refractivity (Wildman–Crippen MR) is 76.9 cm³/mol. The first-order valence-electron chi connectivity index (χ1n) is 6.39. The Morgan fingerprint density at radius 2 is 1.90 bits per heavy atom. The van der Waals surface area contributed by atoms with E-state index in [1.807, 2.05) is 20.8 Å². The van der Waals surface area contributed by atoms with E-state index >= 15 is 0 Å². The summed E-state index contributed by atoms with van der Waals surface area (Å²) in [6, 6.07) is 7.49. The number of benzene rings is 1. The highest BCUT2D eigenvalue weighted by atomic mass is 16.5. The molecule has 1 N–H and O–H groups in total. The van der Waals surface area contributed by atoms with E-state index in [0.717, 1.165) is 29.2 Å². The number of hydrogen-bond donors (Lipinski definition) is 1. The molecule has 0 fully saturated rings. The molecule has 5 nitrogen and oxygen atoms in total. The van der Waals surface area contributed by atoms with Crippen LogP contribution < -0.4 is 10.1 Å². The largest absolute Gasteiger partial charge is 0.438 e. The molecule has 1 heterocycles. The van der Waals surface area contributed by atoms with Crippen molar-refractivity contribution in [2.45, 2.75) is 20.8 Å². The standard InChI is InChI=1S/C15H16N4O/c1-4-17-13-7-14(19-9-18-13)20-15-10(2)5-12(8-16)6-11(15)3/h5-7,9H,4H2,1-3H3,(H,17,18,19). The molecule has 102 valence electrons. The molecule has 2 aromatic rings. The molecule has 5 heteroatoms. The topological polar surface area (TPSA) is 70.8 Å². The number of rotatable bonds is 4. The number of aromatic nitrogens is 2. The lowest BCUT2D eigenvalue weighted by Crippen LogP contribution is -2.01. The Morgan fingerprint density at radius 1 is 1.20 bits per heavy atom. The average molecular weight is 268 g/mol. The van der Waals surface area contributed by atoms with Gasteiger partial charge >= 0.3 is 0 Å². The fourth-order valence-corrected chi connectivity index (χ4v) is 1.95. The SMILES string of the molecule is CCNc1cc(Oc2c(C)cc(C#N)cc2C)ncn1. The maximum Gasteiger partial charge on any atom is 0.224 e. The van der Waals surface area contributed by atoms with Crippen LogP contribution in [0.2, 0.25) is 0 Å². The smallest absolute Gasteiger partial charge is 0.224 e. The van der Waals surface area contributed by atoms with Crippen LogP contribution in [0, 0.1) is 25.2 Å². The summed E-state index contributed by atoms with van der Waals surface area (Å²) >= 11 is 0. The van der Waals surface area contributed by atoms with Gasteiger partial charge in [0.05, 0.1) is 11.6 Å². The molecular formula is C15H16N4O. The summed E-state index contributed by atoms with van der Waals surface area (Å²) < 4.78 is 5.83. The van der Waals surface area contributed by atoms with Crippen LogP contribution in [-0.2, 0) is 0 Å². The zero-order chi connectivity index (χ0) is 14.5. The maximum absolute atomic E-state index is 8.94. The molecule has 0 unspecified atom stereocenters. The van der Waals surface area contributed by atoms with Gasteiger partial charge in [0.1, 0.15) is 17.9 Å². The molecule has 1 aromatic carbocycles. The summed E-state index contributed by atoms with van der Waals surface area (Å²) in [5.74, 6) is 1.93. The fraction of sp³-hybridized carbons (Fsp3) is 0.267. The van der Waals surface area contributed by atoms with E-state index in [-0.39, 0.29) is 0 Å². The molecular weight excluding hydrogens is 252 g/mol. The van der Waals surface area contributed by atoms with Gasteiger partial charge in [-0.15, -0.1) is 0 Å². The van der Waals surface area contributed by atoms with Gasteiger partial charge in [0.15, 0.2) is 0 Å². The molecule has 0 bridgehead atoms. The van der Waals surface area contributed by atoms with Crippen LogP contribution in [0.4, 0.5) is 5.82 Å². The number of nitrogens with one attached hydrogen (secondary N) is 1. The van der Waals surface area contributed by atoms with Crippen molar-refractivity contribution in [1.82, 2.24) is 9.97 Å². The Hall–Kier alpha value is -2.61. The molecule has 1 aromatic heterocycles. The molecule has 0 saturated carbocycles. The summed E-state index contributed by atoms with van der Waals surface area (Å²) in [6.07, 6.45) is 1.46.